The second-order valence-electron chi connectivity index (χ2n) is 3.82. The Hall–Kier alpha value is -2.63. The summed E-state index contributed by atoms with van der Waals surface area (Å²) in [6, 6.07) is 6.18. The molecule has 1 amide bonds. The number of rotatable bonds is 3. The number of nitrogens with zero attached hydrogens (tertiary/aromatic N) is 2. The van der Waals surface area contributed by atoms with Gasteiger partial charge in [-0.05, 0) is 30.7 Å². The third kappa shape index (κ3) is 2.08. The average Bonchev–Trinajstić information content (AvgIpc) is 2.78. The Balaban J connectivity index is 2.51. The lowest BCUT2D eigenvalue weighted by atomic mass is 10.1. The normalized spacial score (nSPS) is 10.3. The molecule has 0 saturated carbocycles. The van der Waals surface area contributed by atoms with Crippen molar-refractivity contribution in [2.45, 2.75) is 6.92 Å². The van der Waals surface area contributed by atoms with Crippen molar-refractivity contribution in [3.8, 4) is 5.69 Å². The van der Waals surface area contributed by atoms with Gasteiger partial charge in [-0.3, -0.25) is 4.79 Å². The highest BCUT2D eigenvalue weighted by atomic mass is 16.4. The van der Waals surface area contributed by atoms with E-state index in [1.54, 1.807) is 12.3 Å². The number of aromatic carboxylic acids is 1. The van der Waals surface area contributed by atoms with Crippen LogP contribution in [-0.2, 0) is 0 Å². The lowest BCUT2D eigenvalue weighted by Crippen LogP contribution is -2.12. The van der Waals surface area contributed by atoms with Crippen molar-refractivity contribution in [3.05, 3.63) is 47.3 Å². The predicted molar refractivity (Wildman–Crippen MR) is 63.8 cm³/mol. The molecule has 0 spiro atoms. The topological polar surface area (TPSA) is 98.2 Å². The van der Waals surface area contributed by atoms with Gasteiger partial charge in [0.15, 0.2) is 0 Å². The van der Waals surface area contributed by atoms with E-state index in [4.69, 9.17) is 10.8 Å². The van der Waals surface area contributed by atoms with Crippen molar-refractivity contribution >= 4 is 11.9 Å². The van der Waals surface area contributed by atoms with Crippen LogP contribution in [0.4, 0.5) is 0 Å². The Morgan fingerprint density at radius 2 is 2.06 bits per heavy atom. The maximum absolute atomic E-state index is 11.0. The van der Waals surface area contributed by atoms with E-state index in [1.807, 2.05) is 6.92 Å². The number of carboxylic acids is 1. The molecule has 6 nitrogen and oxygen atoms in total. The smallest absolute Gasteiger partial charge is 0.335 e. The molecule has 6 heteroatoms. The fourth-order valence-electron chi connectivity index (χ4n) is 1.58. The summed E-state index contributed by atoms with van der Waals surface area (Å²) in [5.74, 6) is -1.64. The molecular formula is C12H11N3O3. The molecule has 3 N–H and O–H groups in total. The summed E-state index contributed by atoms with van der Waals surface area (Å²) in [5, 5.41) is 12.9. The first-order valence-corrected chi connectivity index (χ1v) is 5.19. The van der Waals surface area contributed by atoms with Gasteiger partial charge in [0.25, 0.3) is 5.91 Å². The SMILES string of the molecule is Cc1ccc(C(=O)O)cc1-n1ccc(C(N)=O)n1. The largest absolute Gasteiger partial charge is 0.478 e. The van der Waals surface area contributed by atoms with Crippen LogP contribution in [0.1, 0.15) is 26.4 Å². The highest BCUT2D eigenvalue weighted by molar-refractivity contribution is 5.90. The molecule has 92 valence electrons. The summed E-state index contributed by atoms with van der Waals surface area (Å²) in [4.78, 5) is 21.9. The van der Waals surface area contributed by atoms with Gasteiger partial charge in [0.2, 0.25) is 0 Å². The average molecular weight is 245 g/mol. The number of benzene rings is 1. The van der Waals surface area contributed by atoms with Crippen LogP contribution in [0.3, 0.4) is 0 Å². The number of carbonyl (C=O) groups is 2. The minimum absolute atomic E-state index is 0.134. The van der Waals surface area contributed by atoms with E-state index in [2.05, 4.69) is 5.10 Å². The summed E-state index contributed by atoms with van der Waals surface area (Å²) >= 11 is 0. The Morgan fingerprint density at radius 1 is 1.33 bits per heavy atom. The Kier molecular flexibility index (Phi) is 2.85. The van der Waals surface area contributed by atoms with Gasteiger partial charge in [0.1, 0.15) is 5.69 Å². The first-order valence-electron chi connectivity index (χ1n) is 5.19. The second-order valence-corrected chi connectivity index (χ2v) is 3.82. The Morgan fingerprint density at radius 3 is 2.61 bits per heavy atom. The standard InChI is InChI=1S/C12H11N3O3/c1-7-2-3-8(12(17)18)6-10(7)15-5-4-9(14-15)11(13)16/h2-6H,1H3,(H2,13,16)(H,17,18). The molecule has 0 aliphatic heterocycles. The molecular weight excluding hydrogens is 234 g/mol. The van der Waals surface area contributed by atoms with Crippen LogP contribution in [-0.4, -0.2) is 26.8 Å². The van der Waals surface area contributed by atoms with Gasteiger partial charge in [-0.1, -0.05) is 6.07 Å². The summed E-state index contributed by atoms with van der Waals surface area (Å²) < 4.78 is 1.43. The molecule has 1 aromatic carbocycles. The van der Waals surface area contributed by atoms with Crippen LogP contribution >= 0.6 is 0 Å². The molecule has 1 aromatic heterocycles. The molecule has 18 heavy (non-hydrogen) atoms. The van der Waals surface area contributed by atoms with Crippen LogP contribution in [0.2, 0.25) is 0 Å². The number of carboxylic acid groups (broad SMARTS) is 1. The third-order valence-electron chi connectivity index (χ3n) is 2.54. The number of amides is 1. The van der Waals surface area contributed by atoms with Crippen LogP contribution in [0.15, 0.2) is 30.5 Å². The van der Waals surface area contributed by atoms with E-state index in [-0.39, 0.29) is 11.3 Å². The lowest BCUT2D eigenvalue weighted by molar-refractivity contribution is 0.0696. The third-order valence-corrected chi connectivity index (χ3v) is 2.54. The highest BCUT2D eigenvalue weighted by Crippen LogP contribution is 2.16. The molecule has 0 radical (unpaired) electrons. The fourth-order valence-corrected chi connectivity index (χ4v) is 1.58. The molecule has 0 saturated heterocycles. The monoisotopic (exact) mass is 245 g/mol. The summed E-state index contributed by atoms with van der Waals surface area (Å²) in [6.45, 7) is 1.83. The minimum Gasteiger partial charge on any atom is -0.478 e. The van der Waals surface area contributed by atoms with Gasteiger partial charge in [-0.15, -0.1) is 0 Å². The van der Waals surface area contributed by atoms with Crippen molar-refractivity contribution in [1.29, 1.82) is 0 Å². The van der Waals surface area contributed by atoms with Gasteiger partial charge in [-0.25, -0.2) is 9.48 Å². The predicted octanol–water partition coefficient (Wildman–Crippen LogP) is 0.978. The minimum atomic E-state index is -1.02. The molecule has 0 bridgehead atoms. The Bertz CT molecular complexity index is 631. The van der Waals surface area contributed by atoms with Crippen LogP contribution in [0, 0.1) is 6.92 Å². The van der Waals surface area contributed by atoms with Gasteiger partial charge in [0, 0.05) is 6.20 Å². The van der Waals surface area contributed by atoms with E-state index < -0.39 is 11.9 Å². The van der Waals surface area contributed by atoms with E-state index in [9.17, 15) is 9.59 Å². The van der Waals surface area contributed by atoms with E-state index in [1.165, 1.54) is 22.9 Å². The Labute approximate surface area is 103 Å². The van der Waals surface area contributed by atoms with Crippen LogP contribution in [0.25, 0.3) is 5.69 Å². The number of primary amides is 1. The number of carbonyl (C=O) groups excluding carboxylic acids is 1. The van der Waals surface area contributed by atoms with Crippen LogP contribution in [0.5, 0.6) is 0 Å². The first kappa shape index (κ1) is 11.8. The molecule has 1 heterocycles. The van der Waals surface area contributed by atoms with Crippen LogP contribution < -0.4 is 5.73 Å². The van der Waals surface area contributed by atoms with Crippen molar-refractivity contribution in [3.63, 3.8) is 0 Å². The maximum Gasteiger partial charge on any atom is 0.335 e. The first-order chi connectivity index (χ1) is 8.49. The number of hydrogen-bond donors (Lipinski definition) is 2. The maximum atomic E-state index is 11.0. The molecule has 0 aliphatic carbocycles. The zero-order valence-corrected chi connectivity index (χ0v) is 9.62. The van der Waals surface area contributed by atoms with Gasteiger partial charge in [0.05, 0.1) is 11.3 Å². The quantitative estimate of drug-likeness (QED) is 0.841. The van der Waals surface area contributed by atoms with Crippen molar-refractivity contribution in [2.24, 2.45) is 5.73 Å². The van der Waals surface area contributed by atoms with Gasteiger partial charge >= 0.3 is 5.97 Å². The number of aromatic nitrogens is 2. The molecule has 0 atom stereocenters. The number of hydrogen-bond acceptors (Lipinski definition) is 3. The van der Waals surface area contributed by atoms with Crippen molar-refractivity contribution in [1.82, 2.24) is 9.78 Å². The summed E-state index contributed by atoms with van der Waals surface area (Å²) in [7, 11) is 0. The fraction of sp³-hybridized carbons (Fsp3) is 0.0833. The molecule has 2 rings (SSSR count). The van der Waals surface area contributed by atoms with E-state index in [0.717, 1.165) is 5.56 Å². The van der Waals surface area contributed by atoms with Crippen molar-refractivity contribution < 1.29 is 14.7 Å². The number of nitrogens with two attached hydrogens (primary N) is 1. The summed E-state index contributed by atoms with van der Waals surface area (Å²) in [5.41, 5.74) is 6.85. The van der Waals surface area contributed by atoms with Gasteiger partial charge in [-0.2, -0.15) is 5.10 Å². The summed E-state index contributed by atoms with van der Waals surface area (Å²) in [6.07, 6.45) is 1.56. The highest BCUT2D eigenvalue weighted by Gasteiger charge is 2.10. The molecule has 0 unspecified atom stereocenters. The molecule has 2 aromatic rings. The molecule has 0 fully saturated rings. The van der Waals surface area contributed by atoms with Gasteiger partial charge < -0.3 is 10.8 Å². The van der Waals surface area contributed by atoms with E-state index in [0.29, 0.717) is 5.69 Å². The zero-order valence-electron chi connectivity index (χ0n) is 9.62. The second kappa shape index (κ2) is 4.33. The van der Waals surface area contributed by atoms with E-state index >= 15 is 0 Å². The lowest BCUT2D eigenvalue weighted by Gasteiger charge is -2.06. The number of aryl methyl sites for hydroxylation is 1. The molecule has 0 aliphatic rings. The zero-order chi connectivity index (χ0) is 13.3. The van der Waals surface area contributed by atoms with Crippen molar-refractivity contribution in [2.75, 3.05) is 0 Å².